The third-order valence-corrected chi connectivity index (χ3v) is 3.69. The van der Waals surface area contributed by atoms with Gasteiger partial charge < -0.3 is 9.64 Å². The van der Waals surface area contributed by atoms with Crippen LogP contribution in [0.15, 0.2) is 60.9 Å². The second-order valence-electron chi connectivity index (χ2n) is 5.73. The Hall–Kier alpha value is -3.55. The lowest BCUT2D eigenvalue weighted by atomic mass is 10.1. The minimum absolute atomic E-state index is 0.297. The number of ether oxygens (including phenoxy) is 1. The van der Waals surface area contributed by atoms with E-state index in [2.05, 4.69) is 15.5 Å². The Morgan fingerprint density at radius 2 is 1.85 bits per heavy atom. The van der Waals surface area contributed by atoms with Crippen LogP contribution in [-0.2, 0) is 9.53 Å². The summed E-state index contributed by atoms with van der Waals surface area (Å²) in [5, 5.41) is 10.9. The fraction of sp³-hybridized carbons (Fsp3) is 0.167. The summed E-state index contributed by atoms with van der Waals surface area (Å²) < 4.78 is 6.95. The molecule has 0 bridgehead atoms. The van der Waals surface area contributed by atoms with E-state index in [-0.39, 0.29) is 5.91 Å². The van der Waals surface area contributed by atoms with Gasteiger partial charge in [0.25, 0.3) is 5.91 Å². The first-order chi connectivity index (χ1) is 12.6. The van der Waals surface area contributed by atoms with Crippen molar-refractivity contribution < 1.29 is 14.3 Å². The van der Waals surface area contributed by atoms with E-state index in [0.717, 1.165) is 0 Å². The summed E-state index contributed by atoms with van der Waals surface area (Å²) in [6, 6.07) is 15.6. The van der Waals surface area contributed by atoms with E-state index in [1.165, 1.54) is 15.9 Å². The monoisotopic (exact) mass is 351 g/mol. The molecule has 0 saturated carbocycles. The predicted octanol–water partition coefficient (Wildman–Crippen LogP) is 1.65. The number of benzene rings is 2. The third-order valence-electron chi connectivity index (χ3n) is 3.69. The molecule has 0 aliphatic carbocycles. The molecule has 0 spiro atoms. The maximum atomic E-state index is 12.6. The van der Waals surface area contributed by atoms with Crippen LogP contribution in [0.5, 0.6) is 0 Å². The van der Waals surface area contributed by atoms with E-state index in [4.69, 9.17) is 4.74 Å². The molecule has 2 aromatic carbocycles. The van der Waals surface area contributed by atoms with Crippen molar-refractivity contribution in [1.29, 1.82) is 0 Å². The summed E-state index contributed by atoms with van der Waals surface area (Å²) in [5.41, 5.74) is 1.52. The summed E-state index contributed by atoms with van der Waals surface area (Å²) in [6.45, 7) is 0. The topological polar surface area (TPSA) is 90.2 Å². The Bertz CT molecular complexity index is 894. The Morgan fingerprint density at radius 1 is 1.08 bits per heavy atom. The number of aromatic nitrogens is 4. The molecule has 1 heterocycles. The van der Waals surface area contributed by atoms with Gasteiger partial charge in [-0.05, 0) is 28.6 Å². The van der Waals surface area contributed by atoms with Gasteiger partial charge in [0.2, 0.25) is 6.10 Å². The van der Waals surface area contributed by atoms with E-state index in [1.807, 2.05) is 6.07 Å². The smallest absolute Gasteiger partial charge is 0.339 e. The van der Waals surface area contributed by atoms with Crippen molar-refractivity contribution >= 4 is 11.9 Å². The van der Waals surface area contributed by atoms with Crippen molar-refractivity contribution in [3.05, 3.63) is 72.1 Å². The van der Waals surface area contributed by atoms with Crippen molar-refractivity contribution in [3.63, 3.8) is 0 Å². The maximum Gasteiger partial charge on any atom is 0.339 e. The molecule has 1 aromatic heterocycles. The van der Waals surface area contributed by atoms with Gasteiger partial charge in [-0.25, -0.2) is 9.48 Å². The number of hydrogen-bond donors (Lipinski definition) is 0. The Kier molecular flexibility index (Phi) is 5.02. The van der Waals surface area contributed by atoms with Gasteiger partial charge in [0.05, 0.1) is 11.3 Å². The van der Waals surface area contributed by atoms with Crippen LogP contribution in [0, 0.1) is 0 Å². The molecule has 3 rings (SSSR count). The zero-order valence-corrected chi connectivity index (χ0v) is 14.3. The third kappa shape index (κ3) is 3.75. The summed E-state index contributed by atoms with van der Waals surface area (Å²) in [7, 11) is 3.23. The minimum Gasteiger partial charge on any atom is -0.444 e. The zero-order valence-electron chi connectivity index (χ0n) is 14.3. The molecule has 1 atom stereocenters. The normalized spacial score (nSPS) is 11.6. The zero-order chi connectivity index (χ0) is 18.5. The molecule has 0 fully saturated rings. The lowest BCUT2D eigenvalue weighted by Crippen LogP contribution is -2.31. The quantitative estimate of drug-likeness (QED) is 0.649. The largest absolute Gasteiger partial charge is 0.444 e. The van der Waals surface area contributed by atoms with Gasteiger partial charge in [-0.3, -0.25) is 4.79 Å². The van der Waals surface area contributed by atoms with Crippen molar-refractivity contribution in [1.82, 2.24) is 25.1 Å². The van der Waals surface area contributed by atoms with Crippen LogP contribution in [0.4, 0.5) is 0 Å². The Morgan fingerprint density at radius 3 is 2.50 bits per heavy atom. The summed E-state index contributed by atoms with van der Waals surface area (Å²) in [5.74, 6) is -0.926. The number of amides is 1. The number of carbonyl (C=O) groups excluding carboxylic acids is 2. The van der Waals surface area contributed by atoms with Crippen LogP contribution in [0.2, 0.25) is 0 Å². The van der Waals surface area contributed by atoms with Gasteiger partial charge in [0.1, 0.15) is 6.33 Å². The maximum absolute atomic E-state index is 12.6. The molecule has 0 aliphatic rings. The lowest BCUT2D eigenvalue weighted by Gasteiger charge is -2.21. The molecule has 0 saturated heterocycles. The molecule has 26 heavy (non-hydrogen) atoms. The number of likely N-dealkylation sites (N-methyl/N-ethyl adjacent to an activating group) is 1. The molecule has 132 valence electrons. The first kappa shape index (κ1) is 17.3. The van der Waals surface area contributed by atoms with E-state index >= 15 is 0 Å². The van der Waals surface area contributed by atoms with E-state index in [0.29, 0.717) is 16.8 Å². The molecule has 1 amide bonds. The fourth-order valence-corrected chi connectivity index (χ4v) is 2.35. The standard InChI is InChI=1S/C18H17N5O3/c1-22(2)17(24)16(13-7-4-3-5-8-13)26-18(25)14-9-6-10-15(11-14)23-12-19-20-21-23/h3-12,16H,1-2H3/t16-/m1/s1. The molecule has 8 heteroatoms. The second kappa shape index (κ2) is 7.56. The number of esters is 1. The van der Waals surface area contributed by atoms with Crippen molar-refractivity contribution in [2.75, 3.05) is 14.1 Å². The Balaban J connectivity index is 1.86. The van der Waals surface area contributed by atoms with Gasteiger partial charge >= 0.3 is 5.97 Å². The predicted molar refractivity (Wildman–Crippen MR) is 92.4 cm³/mol. The van der Waals surface area contributed by atoms with Crippen LogP contribution in [0.25, 0.3) is 5.69 Å². The van der Waals surface area contributed by atoms with Crippen LogP contribution in [-0.4, -0.2) is 51.1 Å². The minimum atomic E-state index is -1.02. The molecular formula is C18H17N5O3. The molecule has 0 unspecified atom stereocenters. The summed E-state index contributed by atoms with van der Waals surface area (Å²) in [4.78, 5) is 26.5. The molecule has 8 nitrogen and oxygen atoms in total. The van der Waals surface area contributed by atoms with Gasteiger partial charge in [-0.2, -0.15) is 0 Å². The second-order valence-corrected chi connectivity index (χ2v) is 5.73. The van der Waals surface area contributed by atoms with Crippen molar-refractivity contribution in [2.24, 2.45) is 0 Å². The van der Waals surface area contributed by atoms with Gasteiger partial charge in [0, 0.05) is 19.7 Å². The van der Waals surface area contributed by atoms with Gasteiger partial charge in [0.15, 0.2) is 0 Å². The number of tetrazole rings is 1. The van der Waals surface area contributed by atoms with Crippen LogP contribution >= 0.6 is 0 Å². The SMILES string of the molecule is CN(C)C(=O)[C@H](OC(=O)c1cccc(-n2cnnn2)c1)c1ccccc1. The first-order valence-corrected chi connectivity index (χ1v) is 7.87. The average Bonchev–Trinajstić information content (AvgIpc) is 3.21. The fourth-order valence-electron chi connectivity index (χ4n) is 2.35. The van der Waals surface area contributed by atoms with Crippen molar-refractivity contribution in [3.8, 4) is 5.69 Å². The average molecular weight is 351 g/mol. The van der Waals surface area contributed by atoms with Crippen molar-refractivity contribution in [2.45, 2.75) is 6.10 Å². The highest BCUT2D eigenvalue weighted by atomic mass is 16.5. The number of nitrogens with zero attached hydrogens (tertiary/aromatic N) is 5. The first-order valence-electron chi connectivity index (χ1n) is 7.87. The van der Waals surface area contributed by atoms with Crippen LogP contribution < -0.4 is 0 Å². The Labute approximate surface area is 150 Å². The molecule has 3 aromatic rings. The van der Waals surface area contributed by atoms with Crippen LogP contribution in [0.3, 0.4) is 0 Å². The number of rotatable bonds is 5. The van der Waals surface area contributed by atoms with E-state index in [9.17, 15) is 9.59 Å². The van der Waals surface area contributed by atoms with E-state index < -0.39 is 12.1 Å². The van der Waals surface area contributed by atoms with Gasteiger partial charge in [-0.15, -0.1) is 5.10 Å². The molecular weight excluding hydrogens is 334 g/mol. The summed E-state index contributed by atoms with van der Waals surface area (Å²) >= 11 is 0. The number of carbonyl (C=O) groups is 2. The van der Waals surface area contributed by atoms with E-state index in [1.54, 1.807) is 62.6 Å². The molecule has 0 aliphatic heterocycles. The highest BCUT2D eigenvalue weighted by molar-refractivity contribution is 5.93. The number of hydrogen-bond acceptors (Lipinski definition) is 6. The molecule has 0 N–H and O–H groups in total. The van der Waals surface area contributed by atoms with Gasteiger partial charge in [-0.1, -0.05) is 36.4 Å². The molecule has 0 radical (unpaired) electrons. The summed E-state index contributed by atoms with van der Waals surface area (Å²) in [6.07, 6.45) is 0.405. The highest BCUT2D eigenvalue weighted by Crippen LogP contribution is 2.22. The van der Waals surface area contributed by atoms with Crippen LogP contribution in [0.1, 0.15) is 22.0 Å². The lowest BCUT2D eigenvalue weighted by molar-refractivity contribution is -0.138. The highest BCUT2D eigenvalue weighted by Gasteiger charge is 2.27.